The number of hydrogen-bond acceptors (Lipinski definition) is 5. The van der Waals surface area contributed by atoms with Gasteiger partial charge >= 0.3 is 5.97 Å². The van der Waals surface area contributed by atoms with Gasteiger partial charge in [0.15, 0.2) is 0 Å². The number of aromatic nitrogens is 4. The molecule has 6 heteroatoms. The molecule has 0 aliphatic heterocycles. The first-order chi connectivity index (χ1) is 7.70. The largest absolute Gasteiger partial charge is 0.465 e. The third kappa shape index (κ3) is 1.90. The van der Waals surface area contributed by atoms with E-state index in [9.17, 15) is 4.79 Å². The minimum absolute atomic E-state index is 0.404. The van der Waals surface area contributed by atoms with Crippen molar-refractivity contribution in [1.29, 1.82) is 0 Å². The first-order valence-corrected chi connectivity index (χ1v) is 4.62. The zero-order valence-electron chi connectivity index (χ0n) is 8.91. The number of carbonyl (C=O) groups is 1. The number of carbonyl (C=O) groups excluding carboxylic acids is 1. The average molecular weight is 218 g/mol. The van der Waals surface area contributed by atoms with Gasteiger partial charge in [-0.05, 0) is 12.1 Å². The van der Waals surface area contributed by atoms with Gasteiger partial charge in [0, 0.05) is 13.2 Å². The Kier molecular flexibility index (Phi) is 2.63. The number of esters is 1. The second-order valence-corrected chi connectivity index (χ2v) is 3.14. The molecule has 0 aromatic carbocycles. The van der Waals surface area contributed by atoms with E-state index in [1.165, 1.54) is 18.1 Å². The fourth-order valence-electron chi connectivity index (χ4n) is 1.25. The molecule has 16 heavy (non-hydrogen) atoms. The van der Waals surface area contributed by atoms with Crippen LogP contribution in [0.5, 0.6) is 0 Å². The summed E-state index contributed by atoms with van der Waals surface area (Å²) < 4.78 is 4.57. The maximum absolute atomic E-state index is 11.2. The van der Waals surface area contributed by atoms with Crippen molar-refractivity contribution in [3.63, 3.8) is 0 Å². The average Bonchev–Trinajstić information content (AvgIpc) is 2.75. The minimum atomic E-state index is -0.404. The van der Waals surface area contributed by atoms with Crippen LogP contribution < -0.4 is 0 Å². The van der Waals surface area contributed by atoms with E-state index in [-0.39, 0.29) is 0 Å². The van der Waals surface area contributed by atoms with Crippen LogP contribution in [0, 0.1) is 0 Å². The van der Waals surface area contributed by atoms with Crippen LogP contribution in [0.4, 0.5) is 0 Å². The monoisotopic (exact) mass is 218 g/mol. The van der Waals surface area contributed by atoms with E-state index in [1.54, 1.807) is 25.4 Å². The number of pyridine rings is 1. The molecule has 0 aliphatic rings. The van der Waals surface area contributed by atoms with Crippen molar-refractivity contribution >= 4 is 5.97 Å². The predicted octanol–water partition coefficient (Wildman–Crippen LogP) is 0.664. The molecule has 6 nitrogen and oxygen atoms in total. The van der Waals surface area contributed by atoms with E-state index in [4.69, 9.17) is 0 Å². The molecule has 2 rings (SSSR count). The third-order valence-electron chi connectivity index (χ3n) is 2.05. The molecule has 0 fully saturated rings. The van der Waals surface area contributed by atoms with Gasteiger partial charge in [0.1, 0.15) is 5.69 Å². The van der Waals surface area contributed by atoms with Crippen molar-refractivity contribution in [3.05, 3.63) is 30.1 Å². The van der Waals surface area contributed by atoms with Crippen molar-refractivity contribution in [2.45, 2.75) is 0 Å². The van der Waals surface area contributed by atoms with Crippen molar-refractivity contribution in [1.82, 2.24) is 20.0 Å². The molecule has 2 aromatic heterocycles. The Morgan fingerprint density at radius 2 is 2.12 bits per heavy atom. The van der Waals surface area contributed by atoms with Gasteiger partial charge in [-0.1, -0.05) is 0 Å². The summed E-state index contributed by atoms with van der Waals surface area (Å²) in [6, 6.07) is 3.35. The second kappa shape index (κ2) is 4.09. The molecular weight excluding hydrogens is 208 g/mol. The lowest BCUT2D eigenvalue weighted by Crippen LogP contribution is -2.01. The van der Waals surface area contributed by atoms with E-state index in [0.717, 1.165) is 0 Å². The maximum atomic E-state index is 11.2. The molecule has 0 radical (unpaired) electrons. The highest BCUT2D eigenvalue weighted by Gasteiger charge is 2.07. The Bertz CT molecular complexity index is 504. The quantitative estimate of drug-likeness (QED) is 0.692. The van der Waals surface area contributed by atoms with Gasteiger partial charge in [-0.25, -0.2) is 4.79 Å². The van der Waals surface area contributed by atoms with Gasteiger partial charge in [-0.3, -0.25) is 4.98 Å². The second-order valence-electron chi connectivity index (χ2n) is 3.14. The summed E-state index contributed by atoms with van der Waals surface area (Å²) in [5.41, 5.74) is 1.75. The van der Waals surface area contributed by atoms with E-state index in [1.807, 2.05) is 0 Å². The molecular formula is C10H10N4O2. The number of aryl methyl sites for hydroxylation is 1. The summed E-state index contributed by atoms with van der Waals surface area (Å²) in [5, 5.41) is 8.04. The predicted molar refractivity (Wildman–Crippen MR) is 55.6 cm³/mol. The summed E-state index contributed by atoms with van der Waals surface area (Å²) in [4.78, 5) is 16.7. The van der Waals surface area contributed by atoms with Crippen LogP contribution in [0.2, 0.25) is 0 Å². The van der Waals surface area contributed by atoms with Gasteiger partial charge in [-0.2, -0.15) is 15.0 Å². The molecule has 82 valence electrons. The first-order valence-electron chi connectivity index (χ1n) is 4.62. The SMILES string of the molecule is COC(=O)c1ccc(-c2cnn(C)n2)nc1. The lowest BCUT2D eigenvalue weighted by Gasteiger charge is -1.99. The van der Waals surface area contributed by atoms with Crippen LogP contribution in [-0.2, 0) is 11.8 Å². The molecule has 0 aliphatic carbocycles. The molecule has 0 saturated heterocycles. The van der Waals surface area contributed by atoms with Gasteiger partial charge in [-0.15, -0.1) is 0 Å². The summed E-state index contributed by atoms with van der Waals surface area (Å²) in [6.45, 7) is 0. The van der Waals surface area contributed by atoms with Crippen LogP contribution in [0.1, 0.15) is 10.4 Å². The Labute approximate surface area is 91.9 Å². The van der Waals surface area contributed by atoms with Crippen LogP contribution in [-0.4, -0.2) is 33.1 Å². The lowest BCUT2D eigenvalue weighted by molar-refractivity contribution is 0.0600. The molecule has 2 aromatic rings. The lowest BCUT2D eigenvalue weighted by atomic mass is 10.2. The smallest absolute Gasteiger partial charge is 0.339 e. The van der Waals surface area contributed by atoms with Crippen LogP contribution >= 0.6 is 0 Å². The fraction of sp³-hybridized carbons (Fsp3) is 0.200. The highest BCUT2D eigenvalue weighted by atomic mass is 16.5. The Balaban J connectivity index is 2.29. The number of rotatable bonds is 2. The third-order valence-corrected chi connectivity index (χ3v) is 2.05. The molecule has 0 saturated carbocycles. The minimum Gasteiger partial charge on any atom is -0.465 e. The van der Waals surface area contributed by atoms with Crippen molar-refractivity contribution in [2.75, 3.05) is 7.11 Å². The molecule has 0 amide bonds. The van der Waals surface area contributed by atoms with Crippen molar-refractivity contribution < 1.29 is 9.53 Å². The number of nitrogens with zero attached hydrogens (tertiary/aromatic N) is 4. The van der Waals surface area contributed by atoms with E-state index in [2.05, 4.69) is 19.9 Å². The highest BCUT2D eigenvalue weighted by molar-refractivity contribution is 5.89. The van der Waals surface area contributed by atoms with Crippen molar-refractivity contribution in [3.8, 4) is 11.4 Å². The molecule has 2 heterocycles. The fourth-order valence-corrected chi connectivity index (χ4v) is 1.25. The molecule has 0 atom stereocenters. The molecule has 0 spiro atoms. The Hall–Kier alpha value is -2.24. The van der Waals surface area contributed by atoms with Gasteiger partial charge in [0.2, 0.25) is 0 Å². The number of methoxy groups -OCH3 is 1. The van der Waals surface area contributed by atoms with Gasteiger partial charge in [0.05, 0.1) is 24.6 Å². The number of hydrogen-bond donors (Lipinski definition) is 0. The van der Waals surface area contributed by atoms with Crippen LogP contribution in [0.25, 0.3) is 11.4 Å². The van der Waals surface area contributed by atoms with Crippen molar-refractivity contribution in [2.24, 2.45) is 7.05 Å². The van der Waals surface area contributed by atoms with E-state index >= 15 is 0 Å². The first kappa shape index (κ1) is 10.3. The highest BCUT2D eigenvalue weighted by Crippen LogP contribution is 2.13. The van der Waals surface area contributed by atoms with E-state index in [0.29, 0.717) is 17.0 Å². The summed E-state index contributed by atoms with van der Waals surface area (Å²) >= 11 is 0. The molecule has 0 bridgehead atoms. The van der Waals surface area contributed by atoms with E-state index < -0.39 is 5.97 Å². The number of ether oxygens (including phenoxy) is 1. The topological polar surface area (TPSA) is 69.9 Å². The van der Waals surface area contributed by atoms with Gasteiger partial charge < -0.3 is 4.74 Å². The zero-order chi connectivity index (χ0) is 11.5. The zero-order valence-corrected chi connectivity index (χ0v) is 8.91. The summed E-state index contributed by atoms with van der Waals surface area (Å²) in [5.74, 6) is -0.404. The molecule has 0 unspecified atom stereocenters. The molecule has 0 N–H and O–H groups in total. The Morgan fingerprint density at radius 1 is 1.31 bits per heavy atom. The summed E-state index contributed by atoms with van der Waals surface area (Å²) in [7, 11) is 3.06. The van der Waals surface area contributed by atoms with Crippen LogP contribution in [0.3, 0.4) is 0 Å². The van der Waals surface area contributed by atoms with Gasteiger partial charge in [0.25, 0.3) is 0 Å². The standard InChI is InChI=1S/C10H10N4O2/c1-14-12-6-9(13-14)8-4-3-7(5-11-8)10(15)16-2/h3-6H,1-2H3. The van der Waals surface area contributed by atoms with Crippen LogP contribution in [0.15, 0.2) is 24.5 Å². The normalized spacial score (nSPS) is 10.1. The Morgan fingerprint density at radius 3 is 2.62 bits per heavy atom. The summed E-state index contributed by atoms with van der Waals surface area (Å²) in [6.07, 6.45) is 3.07. The maximum Gasteiger partial charge on any atom is 0.339 e.